The van der Waals surface area contributed by atoms with E-state index in [-0.39, 0.29) is 17.2 Å². The molecule has 1 aliphatic rings. The topological polar surface area (TPSA) is 72.7 Å². The zero-order valence-electron chi connectivity index (χ0n) is 16.0. The minimum Gasteiger partial charge on any atom is -0.352 e. The van der Waals surface area contributed by atoms with E-state index in [1.165, 1.54) is 31.0 Å². The summed E-state index contributed by atoms with van der Waals surface area (Å²) in [7, 11) is 0. The summed E-state index contributed by atoms with van der Waals surface area (Å²) in [5.74, 6) is 1.37. The van der Waals surface area contributed by atoms with Gasteiger partial charge in [-0.15, -0.1) is 16.8 Å². The molecule has 6 nitrogen and oxygen atoms in total. The van der Waals surface area contributed by atoms with Crippen molar-refractivity contribution in [2.24, 2.45) is 5.92 Å². The first-order valence-corrected chi connectivity index (χ1v) is 10.4. The third kappa shape index (κ3) is 4.77. The van der Waals surface area contributed by atoms with Crippen LogP contribution in [-0.4, -0.2) is 36.9 Å². The Hall–Kier alpha value is -2.15. The molecule has 0 saturated heterocycles. The van der Waals surface area contributed by atoms with Crippen LogP contribution >= 0.6 is 11.8 Å². The number of nitrogens with one attached hydrogen (secondary N) is 1. The van der Waals surface area contributed by atoms with Gasteiger partial charge in [0, 0.05) is 30.5 Å². The maximum absolute atomic E-state index is 12.7. The fourth-order valence-corrected chi connectivity index (χ4v) is 4.29. The quantitative estimate of drug-likeness (QED) is 0.581. The van der Waals surface area contributed by atoms with Crippen molar-refractivity contribution < 1.29 is 4.79 Å². The maximum atomic E-state index is 12.7. The van der Waals surface area contributed by atoms with Crippen molar-refractivity contribution in [1.82, 2.24) is 25.1 Å². The van der Waals surface area contributed by atoms with E-state index in [1.807, 2.05) is 29.7 Å². The van der Waals surface area contributed by atoms with Crippen LogP contribution in [0.2, 0.25) is 0 Å². The summed E-state index contributed by atoms with van der Waals surface area (Å²) in [6.45, 7) is 8.57. The first-order chi connectivity index (χ1) is 13.1. The van der Waals surface area contributed by atoms with Crippen LogP contribution in [0.4, 0.5) is 0 Å². The SMILES string of the molecule is C=CCn1c(S[C@H](C)C(=O)N[C@H]2CCCC[C@@H]2C)nnc1-c1ccncc1. The number of thioether (sulfide) groups is 1. The van der Waals surface area contributed by atoms with Gasteiger partial charge in [-0.3, -0.25) is 14.3 Å². The number of pyridine rings is 1. The Kier molecular flexibility index (Phi) is 6.66. The molecule has 1 fully saturated rings. The van der Waals surface area contributed by atoms with E-state index in [9.17, 15) is 4.79 Å². The third-order valence-electron chi connectivity index (χ3n) is 5.06. The molecule has 0 bridgehead atoms. The number of aromatic nitrogens is 4. The lowest BCUT2D eigenvalue weighted by molar-refractivity contribution is -0.121. The Morgan fingerprint density at radius 3 is 2.81 bits per heavy atom. The molecule has 7 heteroatoms. The van der Waals surface area contributed by atoms with Crippen molar-refractivity contribution in [2.45, 2.75) is 62.5 Å². The number of carbonyl (C=O) groups excluding carboxylic acids is 1. The summed E-state index contributed by atoms with van der Waals surface area (Å²) in [6, 6.07) is 4.09. The highest BCUT2D eigenvalue weighted by molar-refractivity contribution is 8.00. The van der Waals surface area contributed by atoms with Crippen LogP contribution in [0.5, 0.6) is 0 Å². The Labute approximate surface area is 164 Å². The summed E-state index contributed by atoms with van der Waals surface area (Å²) < 4.78 is 1.99. The number of hydrogen-bond donors (Lipinski definition) is 1. The Morgan fingerprint density at radius 2 is 2.11 bits per heavy atom. The normalized spacial score (nSPS) is 20.8. The van der Waals surface area contributed by atoms with E-state index in [0.29, 0.717) is 12.5 Å². The summed E-state index contributed by atoms with van der Waals surface area (Å²) >= 11 is 1.44. The van der Waals surface area contributed by atoms with Crippen LogP contribution in [0.15, 0.2) is 42.3 Å². The Balaban J connectivity index is 1.71. The lowest BCUT2D eigenvalue weighted by Gasteiger charge is -2.30. The minimum atomic E-state index is -0.239. The van der Waals surface area contributed by atoms with Gasteiger partial charge in [0.15, 0.2) is 11.0 Å². The first-order valence-electron chi connectivity index (χ1n) is 9.51. The van der Waals surface area contributed by atoms with Gasteiger partial charge in [-0.2, -0.15) is 0 Å². The largest absolute Gasteiger partial charge is 0.352 e. The summed E-state index contributed by atoms with van der Waals surface area (Å²) in [4.78, 5) is 16.7. The second-order valence-corrected chi connectivity index (χ2v) is 8.39. The lowest BCUT2D eigenvalue weighted by atomic mass is 9.86. The smallest absolute Gasteiger partial charge is 0.233 e. The van der Waals surface area contributed by atoms with Crippen molar-refractivity contribution in [3.8, 4) is 11.4 Å². The van der Waals surface area contributed by atoms with Gasteiger partial charge >= 0.3 is 0 Å². The van der Waals surface area contributed by atoms with Crippen molar-refractivity contribution in [2.75, 3.05) is 0 Å². The molecule has 1 saturated carbocycles. The van der Waals surface area contributed by atoms with Crippen LogP contribution in [-0.2, 0) is 11.3 Å². The van der Waals surface area contributed by atoms with E-state index in [0.717, 1.165) is 23.0 Å². The van der Waals surface area contributed by atoms with Crippen LogP contribution in [0, 0.1) is 5.92 Å². The maximum Gasteiger partial charge on any atom is 0.233 e. The zero-order chi connectivity index (χ0) is 19.2. The van der Waals surface area contributed by atoms with Crippen molar-refractivity contribution in [3.05, 3.63) is 37.2 Å². The average molecular weight is 386 g/mol. The van der Waals surface area contributed by atoms with Gasteiger partial charge < -0.3 is 5.32 Å². The highest BCUT2D eigenvalue weighted by Gasteiger charge is 2.26. The number of nitrogens with zero attached hydrogens (tertiary/aromatic N) is 4. The van der Waals surface area contributed by atoms with Crippen LogP contribution < -0.4 is 5.32 Å². The van der Waals surface area contributed by atoms with Gasteiger partial charge in [0.25, 0.3) is 0 Å². The lowest BCUT2D eigenvalue weighted by Crippen LogP contribution is -2.44. The number of rotatable bonds is 7. The predicted molar refractivity (Wildman–Crippen MR) is 108 cm³/mol. The summed E-state index contributed by atoms with van der Waals surface area (Å²) in [5, 5.41) is 12.4. The molecule has 0 aromatic carbocycles. The molecule has 27 heavy (non-hydrogen) atoms. The number of hydrogen-bond acceptors (Lipinski definition) is 5. The van der Waals surface area contributed by atoms with E-state index < -0.39 is 0 Å². The molecule has 0 unspecified atom stereocenters. The molecular weight excluding hydrogens is 358 g/mol. The molecule has 1 N–H and O–H groups in total. The molecule has 3 atom stereocenters. The molecule has 2 heterocycles. The highest BCUT2D eigenvalue weighted by atomic mass is 32.2. The Morgan fingerprint density at radius 1 is 1.37 bits per heavy atom. The molecule has 2 aromatic heterocycles. The first kappa shape index (κ1) is 19.6. The molecule has 1 aliphatic carbocycles. The van der Waals surface area contributed by atoms with Crippen LogP contribution in [0.3, 0.4) is 0 Å². The minimum absolute atomic E-state index is 0.0670. The molecular formula is C20H27N5OS. The zero-order valence-corrected chi connectivity index (χ0v) is 16.8. The molecule has 144 valence electrons. The molecule has 3 rings (SSSR count). The van der Waals surface area contributed by atoms with Gasteiger partial charge in [0.1, 0.15) is 0 Å². The fraction of sp³-hybridized carbons (Fsp3) is 0.500. The van der Waals surface area contributed by atoms with Gasteiger partial charge in [-0.25, -0.2) is 0 Å². The second kappa shape index (κ2) is 9.17. The van der Waals surface area contributed by atoms with E-state index in [1.54, 1.807) is 12.4 Å². The van der Waals surface area contributed by atoms with Gasteiger partial charge in [-0.05, 0) is 37.8 Å². The molecule has 2 aromatic rings. The summed E-state index contributed by atoms with van der Waals surface area (Å²) in [5.41, 5.74) is 0.944. The molecule has 0 aliphatic heterocycles. The Bertz CT molecular complexity index is 776. The fourth-order valence-electron chi connectivity index (χ4n) is 3.43. The molecule has 1 amide bonds. The number of carbonyl (C=O) groups is 1. The van der Waals surface area contributed by atoms with Crippen molar-refractivity contribution >= 4 is 17.7 Å². The summed E-state index contributed by atoms with van der Waals surface area (Å²) in [6.07, 6.45) is 10.00. The van der Waals surface area contributed by atoms with E-state index in [2.05, 4.69) is 34.0 Å². The second-order valence-electron chi connectivity index (χ2n) is 7.08. The highest BCUT2D eigenvalue weighted by Crippen LogP contribution is 2.28. The number of allylic oxidation sites excluding steroid dienone is 1. The van der Waals surface area contributed by atoms with E-state index >= 15 is 0 Å². The molecule has 0 radical (unpaired) electrons. The predicted octanol–water partition coefficient (Wildman–Crippen LogP) is 3.70. The van der Waals surface area contributed by atoms with Crippen LogP contribution in [0.25, 0.3) is 11.4 Å². The van der Waals surface area contributed by atoms with Gasteiger partial charge in [0.2, 0.25) is 5.91 Å². The van der Waals surface area contributed by atoms with Crippen molar-refractivity contribution in [3.63, 3.8) is 0 Å². The monoisotopic (exact) mass is 385 g/mol. The van der Waals surface area contributed by atoms with Crippen LogP contribution in [0.1, 0.15) is 39.5 Å². The van der Waals surface area contributed by atoms with E-state index in [4.69, 9.17) is 0 Å². The van der Waals surface area contributed by atoms with Gasteiger partial charge in [-0.1, -0.05) is 37.6 Å². The van der Waals surface area contributed by atoms with Crippen molar-refractivity contribution in [1.29, 1.82) is 0 Å². The van der Waals surface area contributed by atoms with Gasteiger partial charge in [0.05, 0.1) is 5.25 Å². The standard InChI is InChI=1S/C20H27N5OS/c1-4-13-25-18(16-9-11-21-12-10-16)23-24-20(25)27-15(3)19(26)22-17-8-6-5-7-14(17)2/h4,9-12,14-15,17H,1,5-8,13H2,2-3H3,(H,22,26)/t14-,15+,17-/m0/s1. The number of amides is 1. The average Bonchev–Trinajstić information content (AvgIpc) is 3.07. The third-order valence-corrected chi connectivity index (χ3v) is 6.14. The molecule has 0 spiro atoms.